The minimum absolute atomic E-state index is 0.0310. The Bertz CT molecular complexity index is 571. The molecule has 1 N–H and O–H groups in total. The SMILES string of the molecule is O=C(C1CNCCN1C(=O)CCc1cc(Cl)no1)N1CCCC1. The first kappa shape index (κ1) is 16.3. The molecule has 126 valence electrons. The lowest BCUT2D eigenvalue weighted by Gasteiger charge is -2.37. The molecule has 23 heavy (non-hydrogen) atoms. The van der Waals surface area contributed by atoms with Gasteiger partial charge in [-0.3, -0.25) is 9.59 Å². The monoisotopic (exact) mass is 340 g/mol. The van der Waals surface area contributed by atoms with Crippen molar-refractivity contribution in [2.24, 2.45) is 0 Å². The molecule has 1 unspecified atom stereocenters. The number of aryl methyl sites for hydroxylation is 1. The number of carbonyl (C=O) groups is 2. The molecule has 0 bridgehead atoms. The van der Waals surface area contributed by atoms with Crippen molar-refractivity contribution >= 4 is 23.4 Å². The van der Waals surface area contributed by atoms with Crippen LogP contribution in [0.4, 0.5) is 0 Å². The van der Waals surface area contributed by atoms with Crippen LogP contribution in [-0.2, 0) is 16.0 Å². The summed E-state index contributed by atoms with van der Waals surface area (Å²) in [5.74, 6) is 0.614. The Morgan fingerprint density at radius 1 is 1.35 bits per heavy atom. The summed E-state index contributed by atoms with van der Waals surface area (Å²) in [4.78, 5) is 28.8. The van der Waals surface area contributed by atoms with E-state index in [-0.39, 0.29) is 23.4 Å². The molecule has 2 aliphatic rings. The molecule has 3 rings (SSSR count). The number of amides is 2. The van der Waals surface area contributed by atoms with Crippen molar-refractivity contribution in [3.05, 3.63) is 17.0 Å². The van der Waals surface area contributed by atoms with Crippen molar-refractivity contribution < 1.29 is 14.1 Å². The highest BCUT2D eigenvalue weighted by Crippen LogP contribution is 2.16. The first-order valence-corrected chi connectivity index (χ1v) is 8.43. The zero-order chi connectivity index (χ0) is 16.2. The molecule has 8 heteroatoms. The molecule has 0 radical (unpaired) electrons. The number of carbonyl (C=O) groups excluding carboxylic acids is 2. The first-order chi connectivity index (χ1) is 11.1. The second-order valence-electron chi connectivity index (χ2n) is 5.96. The molecule has 1 aromatic rings. The average Bonchev–Trinajstić information content (AvgIpc) is 3.23. The summed E-state index contributed by atoms with van der Waals surface area (Å²) in [7, 11) is 0. The van der Waals surface area contributed by atoms with Crippen LogP contribution in [0, 0.1) is 0 Å². The molecule has 3 heterocycles. The van der Waals surface area contributed by atoms with Crippen molar-refractivity contribution in [3.63, 3.8) is 0 Å². The molecule has 0 saturated carbocycles. The number of hydrogen-bond donors (Lipinski definition) is 1. The van der Waals surface area contributed by atoms with E-state index in [1.807, 2.05) is 4.90 Å². The van der Waals surface area contributed by atoms with Crippen LogP contribution in [-0.4, -0.2) is 65.5 Å². The van der Waals surface area contributed by atoms with Gasteiger partial charge in [-0.25, -0.2) is 0 Å². The van der Waals surface area contributed by atoms with Gasteiger partial charge in [0.1, 0.15) is 11.8 Å². The molecule has 2 amide bonds. The molecular formula is C15H21ClN4O3. The van der Waals surface area contributed by atoms with Crippen LogP contribution in [0.2, 0.25) is 5.15 Å². The van der Waals surface area contributed by atoms with E-state index < -0.39 is 6.04 Å². The van der Waals surface area contributed by atoms with Gasteiger partial charge in [-0.15, -0.1) is 0 Å². The maximum Gasteiger partial charge on any atom is 0.246 e. The van der Waals surface area contributed by atoms with Gasteiger partial charge in [0.25, 0.3) is 0 Å². The Hall–Kier alpha value is -1.60. The second-order valence-corrected chi connectivity index (χ2v) is 6.34. The molecule has 0 aliphatic carbocycles. The van der Waals surface area contributed by atoms with E-state index in [9.17, 15) is 9.59 Å². The van der Waals surface area contributed by atoms with Crippen LogP contribution >= 0.6 is 11.6 Å². The zero-order valence-electron chi connectivity index (χ0n) is 13.0. The van der Waals surface area contributed by atoms with E-state index in [1.165, 1.54) is 0 Å². The Morgan fingerprint density at radius 3 is 2.83 bits per heavy atom. The Kier molecular flexibility index (Phi) is 5.17. The fraction of sp³-hybridized carbons (Fsp3) is 0.667. The Labute approximate surface area is 139 Å². The topological polar surface area (TPSA) is 78.7 Å². The lowest BCUT2D eigenvalue weighted by molar-refractivity contribution is -0.146. The third-order valence-corrected chi connectivity index (χ3v) is 4.56. The molecule has 0 spiro atoms. The molecule has 2 aliphatic heterocycles. The molecule has 0 aromatic carbocycles. The number of hydrogen-bond acceptors (Lipinski definition) is 5. The van der Waals surface area contributed by atoms with Crippen LogP contribution < -0.4 is 5.32 Å². The summed E-state index contributed by atoms with van der Waals surface area (Å²) in [6.07, 6.45) is 2.82. The number of aromatic nitrogens is 1. The lowest BCUT2D eigenvalue weighted by atomic mass is 10.1. The maximum absolute atomic E-state index is 12.6. The lowest BCUT2D eigenvalue weighted by Crippen LogP contribution is -2.59. The van der Waals surface area contributed by atoms with E-state index in [1.54, 1.807) is 11.0 Å². The number of rotatable bonds is 4. The average molecular weight is 341 g/mol. The van der Waals surface area contributed by atoms with Crippen molar-refractivity contribution in [1.29, 1.82) is 0 Å². The third kappa shape index (κ3) is 3.84. The predicted molar refractivity (Wildman–Crippen MR) is 84.0 cm³/mol. The van der Waals surface area contributed by atoms with Crippen LogP contribution in [0.15, 0.2) is 10.6 Å². The van der Waals surface area contributed by atoms with Crippen LogP contribution in [0.5, 0.6) is 0 Å². The smallest absolute Gasteiger partial charge is 0.246 e. The van der Waals surface area contributed by atoms with Gasteiger partial charge in [0.2, 0.25) is 11.8 Å². The van der Waals surface area contributed by atoms with E-state index in [0.29, 0.717) is 31.8 Å². The highest BCUT2D eigenvalue weighted by molar-refractivity contribution is 6.29. The fourth-order valence-electron chi connectivity index (χ4n) is 3.15. The van der Waals surface area contributed by atoms with E-state index in [2.05, 4.69) is 10.5 Å². The van der Waals surface area contributed by atoms with Gasteiger partial charge in [-0.2, -0.15) is 0 Å². The fourth-order valence-corrected chi connectivity index (χ4v) is 3.31. The van der Waals surface area contributed by atoms with Gasteiger partial charge in [-0.05, 0) is 12.8 Å². The summed E-state index contributed by atoms with van der Waals surface area (Å²) in [5, 5.41) is 7.10. The number of nitrogens with zero attached hydrogens (tertiary/aromatic N) is 3. The van der Waals surface area contributed by atoms with Crippen LogP contribution in [0.25, 0.3) is 0 Å². The number of halogens is 1. The van der Waals surface area contributed by atoms with Crippen molar-refractivity contribution in [3.8, 4) is 0 Å². The highest BCUT2D eigenvalue weighted by Gasteiger charge is 2.35. The van der Waals surface area contributed by atoms with Crippen molar-refractivity contribution in [1.82, 2.24) is 20.3 Å². The Balaban J connectivity index is 1.60. The van der Waals surface area contributed by atoms with Gasteiger partial charge < -0.3 is 19.6 Å². The largest absolute Gasteiger partial charge is 0.360 e. The quantitative estimate of drug-likeness (QED) is 0.872. The van der Waals surface area contributed by atoms with Gasteiger partial charge in [0.05, 0.1) is 0 Å². The van der Waals surface area contributed by atoms with Crippen molar-refractivity contribution in [2.75, 3.05) is 32.7 Å². The van der Waals surface area contributed by atoms with Crippen LogP contribution in [0.1, 0.15) is 25.0 Å². The molecular weight excluding hydrogens is 320 g/mol. The predicted octanol–water partition coefficient (Wildman–Crippen LogP) is 0.683. The molecule has 1 aromatic heterocycles. The van der Waals surface area contributed by atoms with Gasteiger partial charge >= 0.3 is 0 Å². The van der Waals surface area contributed by atoms with Gasteiger partial charge in [0, 0.05) is 51.6 Å². The minimum Gasteiger partial charge on any atom is -0.360 e. The van der Waals surface area contributed by atoms with Crippen molar-refractivity contribution in [2.45, 2.75) is 31.7 Å². The van der Waals surface area contributed by atoms with E-state index >= 15 is 0 Å². The Morgan fingerprint density at radius 2 is 2.13 bits per heavy atom. The summed E-state index contributed by atoms with van der Waals surface area (Å²) >= 11 is 5.70. The maximum atomic E-state index is 12.6. The second kappa shape index (κ2) is 7.31. The van der Waals surface area contributed by atoms with Gasteiger partial charge in [0.15, 0.2) is 5.15 Å². The number of piperazine rings is 1. The number of likely N-dealkylation sites (tertiary alicyclic amines) is 1. The standard InChI is InChI=1S/C15H21ClN4O3/c16-13-9-11(23-18-13)3-4-14(21)20-8-5-17-10-12(20)15(22)19-6-1-2-7-19/h9,12,17H,1-8,10H2. The molecule has 2 saturated heterocycles. The first-order valence-electron chi connectivity index (χ1n) is 8.05. The molecule has 2 fully saturated rings. The van der Waals surface area contributed by atoms with Gasteiger partial charge in [-0.1, -0.05) is 16.8 Å². The molecule has 7 nitrogen and oxygen atoms in total. The normalized spacial score (nSPS) is 21.7. The van der Waals surface area contributed by atoms with Crippen LogP contribution in [0.3, 0.4) is 0 Å². The van der Waals surface area contributed by atoms with E-state index in [0.717, 1.165) is 25.9 Å². The minimum atomic E-state index is -0.396. The zero-order valence-corrected chi connectivity index (χ0v) is 13.7. The summed E-state index contributed by atoms with van der Waals surface area (Å²) in [5.41, 5.74) is 0. The highest BCUT2D eigenvalue weighted by atomic mass is 35.5. The molecule has 1 atom stereocenters. The summed E-state index contributed by atoms with van der Waals surface area (Å²) in [6, 6.07) is 1.21. The summed E-state index contributed by atoms with van der Waals surface area (Å²) in [6.45, 7) is 3.39. The summed E-state index contributed by atoms with van der Waals surface area (Å²) < 4.78 is 5.02. The number of nitrogens with one attached hydrogen (secondary N) is 1. The third-order valence-electron chi connectivity index (χ3n) is 4.38. The van der Waals surface area contributed by atoms with E-state index in [4.69, 9.17) is 16.1 Å².